The number of rotatable bonds is 5. The molecule has 0 spiro atoms. The van der Waals surface area contributed by atoms with Crippen molar-refractivity contribution in [3.63, 3.8) is 0 Å². The molecule has 2 rings (SSSR count). The number of nitrogens with two attached hydrogens (primary N) is 1. The molecule has 5 nitrogen and oxygen atoms in total. The minimum Gasteiger partial charge on any atom is -0.327 e. The van der Waals surface area contributed by atoms with Gasteiger partial charge in [-0.2, -0.15) is 10.2 Å². The van der Waals surface area contributed by atoms with Gasteiger partial charge in [-0.25, -0.2) is 0 Å². The molecule has 2 aromatic heterocycles. The van der Waals surface area contributed by atoms with Gasteiger partial charge in [0.1, 0.15) is 0 Å². The summed E-state index contributed by atoms with van der Waals surface area (Å²) in [6.07, 6.45) is 4.66. The van der Waals surface area contributed by atoms with Gasteiger partial charge < -0.3 is 5.73 Å². The maximum Gasteiger partial charge on any atom is 0.0628 e. The quantitative estimate of drug-likeness (QED) is 0.881. The van der Waals surface area contributed by atoms with Crippen molar-refractivity contribution in [3.8, 4) is 0 Å². The van der Waals surface area contributed by atoms with E-state index in [9.17, 15) is 0 Å². The third-order valence-electron chi connectivity index (χ3n) is 3.82. The Balaban J connectivity index is 1.94. The normalized spacial score (nSPS) is 12.9. The van der Waals surface area contributed by atoms with Crippen LogP contribution in [0.2, 0.25) is 0 Å². The maximum absolute atomic E-state index is 6.25. The van der Waals surface area contributed by atoms with Gasteiger partial charge in [0.15, 0.2) is 0 Å². The topological polar surface area (TPSA) is 61.7 Å². The molecule has 0 saturated carbocycles. The summed E-state index contributed by atoms with van der Waals surface area (Å²) in [6, 6.07) is 2.21. The number of hydrogen-bond acceptors (Lipinski definition) is 3. The van der Waals surface area contributed by atoms with E-state index in [1.165, 1.54) is 17.0 Å². The van der Waals surface area contributed by atoms with Gasteiger partial charge >= 0.3 is 0 Å². The second-order valence-corrected chi connectivity index (χ2v) is 5.22. The molecule has 0 aliphatic rings. The lowest BCUT2D eigenvalue weighted by molar-refractivity contribution is 0.584. The highest BCUT2D eigenvalue weighted by molar-refractivity contribution is 5.25. The molecule has 2 heterocycles. The number of hydrogen-bond donors (Lipinski definition) is 1. The van der Waals surface area contributed by atoms with Crippen LogP contribution in [0.5, 0.6) is 0 Å². The highest BCUT2D eigenvalue weighted by Crippen LogP contribution is 2.15. The standard InChI is InChI=1S/C14H23N5/c1-10-14(11(2)18(3)17-10)9-12(15)5-6-13-7-8-16-19(13)4/h7-8,12H,5-6,9,15H2,1-4H3. The molecule has 0 amide bonds. The van der Waals surface area contributed by atoms with Gasteiger partial charge in [-0.05, 0) is 44.7 Å². The van der Waals surface area contributed by atoms with Crippen LogP contribution >= 0.6 is 0 Å². The fourth-order valence-corrected chi connectivity index (χ4v) is 2.46. The summed E-state index contributed by atoms with van der Waals surface area (Å²) >= 11 is 0. The van der Waals surface area contributed by atoms with Gasteiger partial charge in [0.2, 0.25) is 0 Å². The van der Waals surface area contributed by atoms with Crippen molar-refractivity contribution in [2.45, 2.75) is 39.2 Å². The van der Waals surface area contributed by atoms with Crippen LogP contribution in [0, 0.1) is 13.8 Å². The van der Waals surface area contributed by atoms with Crippen molar-refractivity contribution in [1.29, 1.82) is 0 Å². The number of nitrogens with zero attached hydrogens (tertiary/aromatic N) is 4. The van der Waals surface area contributed by atoms with E-state index in [0.29, 0.717) is 0 Å². The van der Waals surface area contributed by atoms with Crippen molar-refractivity contribution in [2.24, 2.45) is 19.8 Å². The summed E-state index contributed by atoms with van der Waals surface area (Å²) in [5.41, 5.74) is 11.1. The van der Waals surface area contributed by atoms with Crippen molar-refractivity contribution in [2.75, 3.05) is 0 Å². The molecule has 0 radical (unpaired) electrons. The third-order valence-corrected chi connectivity index (χ3v) is 3.82. The fraction of sp³-hybridized carbons (Fsp3) is 0.571. The zero-order valence-electron chi connectivity index (χ0n) is 12.2. The molecule has 2 N–H and O–H groups in total. The second-order valence-electron chi connectivity index (χ2n) is 5.22. The van der Waals surface area contributed by atoms with Crippen molar-refractivity contribution in [1.82, 2.24) is 19.6 Å². The molecule has 0 aliphatic carbocycles. The number of aromatic nitrogens is 4. The SMILES string of the molecule is Cc1nn(C)c(C)c1CC(N)CCc1ccnn1C. The maximum atomic E-state index is 6.25. The molecular formula is C14H23N5. The van der Waals surface area contributed by atoms with E-state index in [1.807, 2.05) is 35.7 Å². The molecule has 0 aliphatic heterocycles. The smallest absolute Gasteiger partial charge is 0.0628 e. The Labute approximate surface area is 114 Å². The Morgan fingerprint density at radius 1 is 1.26 bits per heavy atom. The molecule has 0 saturated heterocycles. The average Bonchev–Trinajstić information content (AvgIpc) is 2.86. The van der Waals surface area contributed by atoms with Gasteiger partial charge in [0.05, 0.1) is 5.69 Å². The summed E-state index contributed by atoms with van der Waals surface area (Å²) in [4.78, 5) is 0. The molecule has 1 atom stereocenters. The number of aryl methyl sites for hydroxylation is 4. The van der Waals surface area contributed by atoms with E-state index in [1.54, 1.807) is 0 Å². The van der Waals surface area contributed by atoms with Crippen molar-refractivity contribution < 1.29 is 0 Å². The molecule has 0 aromatic carbocycles. The average molecular weight is 261 g/mol. The van der Waals surface area contributed by atoms with E-state index in [0.717, 1.165) is 25.0 Å². The lowest BCUT2D eigenvalue weighted by Crippen LogP contribution is -2.24. The lowest BCUT2D eigenvalue weighted by atomic mass is 10.0. The predicted molar refractivity (Wildman–Crippen MR) is 75.9 cm³/mol. The lowest BCUT2D eigenvalue weighted by Gasteiger charge is -2.12. The fourth-order valence-electron chi connectivity index (χ4n) is 2.46. The summed E-state index contributed by atoms with van der Waals surface area (Å²) in [5.74, 6) is 0. The first kappa shape index (κ1) is 13.8. The molecule has 2 aromatic rings. The second kappa shape index (κ2) is 5.57. The Morgan fingerprint density at radius 3 is 2.53 bits per heavy atom. The van der Waals surface area contributed by atoms with E-state index in [-0.39, 0.29) is 6.04 Å². The van der Waals surface area contributed by atoms with E-state index < -0.39 is 0 Å². The van der Waals surface area contributed by atoms with Gasteiger partial charge in [-0.15, -0.1) is 0 Å². The zero-order valence-corrected chi connectivity index (χ0v) is 12.2. The summed E-state index contributed by atoms with van der Waals surface area (Å²) in [5, 5.41) is 8.61. The Bertz CT molecular complexity index is 552. The van der Waals surface area contributed by atoms with E-state index >= 15 is 0 Å². The molecule has 5 heteroatoms. The Morgan fingerprint density at radius 2 is 2.00 bits per heavy atom. The monoisotopic (exact) mass is 261 g/mol. The first-order valence-electron chi connectivity index (χ1n) is 6.70. The predicted octanol–water partition coefficient (Wildman–Crippen LogP) is 1.27. The molecule has 19 heavy (non-hydrogen) atoms. The first-order valence-corrected chi connectivity index (χ1v) is 6.70. The Hall–Kier alpha value is -1.62. The van der Waals surface area contributed by atoms with Gasteiger partial charge in [0.25, 0.3) is 0 Å². The molecule has 104 valence electrons. The molecule has 1 unspecified atom stereocenters. The largest absolute Gasteiger partial charge is 0.327 e. The summed E-state index contributed by atoms with van der Waals surface area (Å²) in [7, 11) is 3.95. The van der Waals surface area contributed by atoms with Crippen LogP contribution in [0.3, 0.4) is 0 Å². The summed E-state index contributed by atoms with van der Waals surface area (Å²) < 4.78 is 3.84. The van der Waals surface area contributed by atoms with Gasteiger partial charge in [-0.3, -0.25) is 9.36 Å². The van der Waals surface area contributed by atoms with Crippen LogP contribution in [0.25, 0.3) is 0 Å². The molecule has 0 fully saturated rings. The van der Waals surface area contributed by atoms with Gasteiger partial charge in [0, 0.05) is 37.7 Å². The zero-order chi connectivity index (χ0) is 14.0. The van der Waals surface area contributed by atoms with Crippen LogP contribution in [-0.2, 0) is 26.9 Å². The van der Waals surface area contributed by atoms with E-state index in [2.05, 4.69) is 24.0 Å². The van der Waals surface area contributed by atoms with Crippen LogP contribution < -0.4 is 5.73 Å². The Kier molecular flexibility index (Phi) is 4.04. The highest BCUT2D eigenvalue weighted by Gasteiger charge is 2.13. The van der Waals surface area contributed by atoms with Crippen LogP contribution in [-0.4, -0.2) is 25.6 Å². The molecular weight excluding hydrogens is 238 g/mol. The van der Waals surface area contributed by atoms with Crippen LogP contribution in [0.1, 0.15) is 29.1 Å². The minimum atomic E-state index is 0.163. The van der Waals surface area contributed by atoms with Crippen LogP contribution in [0.4, 0.5) is 0 Å². The summed E-state index contributed by atoms with van der Waals surface area (Å²) in [6.45, 7) is 4.15. The van der Waals surface area contributed by atoms with Crippen molar-refractivity contribution >= 4 is 0 Å². The van der Waals surface area contributed by atoms with Gasteiger partial charge in [-0.1, -0.05) is 0 Å². The first-order chi connectivity index (χ1) is 8.99. The third kappa shape index (κ3) is 3.04. The van der Waals surface area contributed by atoms with E-state index in [4.69, 9.17) is 5.73 Å². The highest BCUT2D eigenvalue weighted by atomic mass is 15.3. The molecule has 0 bridgehead atoms. The minimum absolute atomic E-state index is 0.163. The van der Waals surface area contributed by atoms with Crippen molar-refractivity contribution in [3.05, 3.63) is 34.9 Å². The van der Waals surface area contributed by atoms with Crippen LogP contribution in [0.15, 0.2) is 12.3 Å².